The maximum absolute atomic E-state index is 8.09. The molecule has 0 N–H and O–H groups in total. The molecule has 0 heterocycles. The van der Waals surface area contributed by atoms with E-state index in [4.69, 9.17) is 11.2 Å². The van der Waals surface area contributed by atoms with Gasteiger partial charge >= 0.3 is 173 Å². The fourth-order valence-corrected chi connectivity index (χ4v) is 10.2. The Kier molecular flexibility index (Phi) is 5.11. The van der Waals surface area contributed by atoms with Crippen LogP contribution in [0.4, 0.5) is 0 Å². The van der Waals surface area contributed by atoms with Gasteiger partial charge in [0.15, 0.2) is 0 Å². The molecule has 0 aliphatic heterocycles. The van der Waals surface area contributed by atoms with Gasteiger partial charge < -0.3 is 0 Å². The molecule has 0 fully saturated rings. The first-order valence-corrected chi connectivity index (χ1v) is 12.9. The minimum absolute atomic E-state index is 0.785. The number of aryl methyl sites for hydroxylation is 1. The van der Waals surface area contributed by atoms with Crippen LogP contribution in [0.5, 0.6) is 0 Å². The Morgan fingerprint density at radius 2 is 1.00 bits per heavy atom. The molecule has 0 radical (unpaired) electrons. The molecule has 28 heavy (non-hydrogen) atoms. The Hall–Kier alpha value is -2.40. The number of halogens is 1. The molecular formula is C26H24ClP. The van der Waals surface area contributed by atoms with Gasteiger partial charge in [-0.25, -0.2) is 0 Å². The van der Waals surface area contributed by atoms with Crippen LogP contribution in [0.25, 0.3) is 0 Å². The van der Waals surface area contributed by atoms with E-state index >= 15 is 0 Å². The summed E-state index contributed by atoms with van der Waals surface area (Å²) in [5, 5.41) is 3.61. The Labute approximate surface area is 172 Å². The first-order chi connectivity index (χ1) is 13.6. The van der Waals surface area contributed by atoms with Gasteiger partial charge in [0.1, 0.15) is 0 Å². The van der Waals surface area contributed by atoms with Crippen molar-refractivity contribution < 1.29 is 0 Å². The van der Waals surface area contributed by atoms with Crippen LogP contribution < -0.4 is 15.9 Å². The van der Waals surface area contributed by atoms with E-state index in [1.54, 1.807) is 0 Å². The summed E-state index contributed by atoms with van der Waals surface area (Å²) in [7, 11) is 0. The molecule has 0 aliphatic carbocycles. The molecule has 0 amide bonds. The average Bonchev–Trinajstić information content (AvgIpc) is 2.76. The number of hydrogen-bond acceptors (Lipinski definition) is 0. The van der Waals surface area contributed by atoms with Gasteiger partial charge in [-0.2, -0.15) is 0 Å². The molecule has 4 rings (SSSR count). The maximum atomic E-state index is 8.09. The molecule has 0 atom stereocenters. The molecule has 0 bridgehead atoms. The third-order valence-corrected chi connectivity index (χ3v) is 12.6. The van der Waals surface area contributed by atoms with Crippen LogP contribution in [0.2, 0.25) is 0 Å². The summed E-state index contributed by atoms with van der Waals surface area (Å²) in [6.07, 6.45) is 0.785. The summed E-state index contributed by atoms with van der Waals surface area (Å²) in [5.41, 5.74) is 2.53. The standard InChI is InChI=1S/C26H24ClP/c1-22-12-11-13-23(20-22)21-28(27,24-14-5-2-6-15-24,25-16-7-3-8-17-25)26-18-9-4-10-19-26/h2-20H,21H2,1H3. The monoisotopic (exact) mass is 402 g/mol. The first-order valence-electron chi connectivity index (χ1n) is 9.56. The van der Waals surface area contributed by atoms with E-state index in [0.717, 1.165) is 6.16 Å². The molecule has 4 aromatic rings. The number of hydrogen-bond donors (Lipinski definition) is 0. The number of benzene rings is 4. The predicted octanol–water partition coefficient (Wildman–Crippen LogP) is 6.18. The Balaban J connectivity index is 2.09. The Bertz CT molecular complexity index is 960. The summed E-state index contributed by atoms with van der Waals surface area (Å²) < 4.78 is 0. The second kappa shape index (κ2) is 7.55. The van der Waals surface area contributed by atoms with E-state index < -0.39 is 5.96 Å². The molecule has 4 aromatic carbocycles. The minimum atomic E-state index is -3.23. The zero-order valence-corrected chi connectivity index (χ0v) is 17.7. The fourth-order valence-electron chi connectivity index (χ4n) is 4.09. The van der Waals surface area contributed by atoms with Crippen molar-refractivity contribution in [2.24, 2.45) is 0 Å². The van der Waals surface area contributed by atoms with Gasteiger partial charge in [-0.15, -0.1) is 0 Å². The molecule has 2 heteroatoms. The topological polar surface area (TPSA) is 0 Å². The Morgan fingerprint density at radius 3 is 1.39 bits per heavy atom. The zero-order chi connectivity index (χ0) is 19.5. The van der Waals surface area contributed by atoms with E-state index in [9.17, 15) is 0 Å². The summed E-state index contributed by atoms with van der Waals surface area (Å²) in [6, 6.07) is 40.7. The van der Waals surface area contributed by atoms with Crippen LogP contribution in [0.1, 0.15) is 11.1 Å². The van der Waals surface area contributed by atoms with Crippen LogP contribution in [-0.2, 0) is 6.16 Å². The molecule has 140 valence electrons. The zero-order valence-electron chi connectivity index (χ0n) is 16.0. The molecule has 0 nitrogen and oxygen atoms in total. The van der Waals surface area contributed by atoms with Gasteiger partial charge in [-0.05, 0) is 0 Å². The fraction of sp³-hybridized carbons (Fsp3) is 0.0769. The van der Waals surface area contributed by atoms with E-state index in [0.29, 0.717) is 0 Å². The first kappa shape index (κ1) is 18.9. The van der Waals surface area contributed by atoms with Gasteiger partial charge in [0.05, 0.1) is 0 Å². The van der Waals surface area contributed by atoms with Crippen LogP contribution in [0.15, 0.2) is 115 Å². The van der Waals surface area contributed by atoms with Crippen molar-refractivity contribution in [2.45, 2.75) is 13.1 Å². The SMILES string of the molecule is Cc1cccc(CP(Cl)(c2ccccc2)(c2ccccc2)c2ccccc2)c1. The van der Waals surface area contributed by atoms with Crippen molar-refractivity contribution in [3.05, 3.63) is 126 Å². The van der Waals surface area contributed by atoms with Crippen molar-refractivity contribution in [1.82, 2.24) is 0 Å². The van der Waals surface area contributed by atoms with E-state index in [2.05, 4.69) is 122 Å². The van der Waals surface area contributed by atoms with E-state index in [1.165, 1.54) is 27.0 Å². The third-order valence-electron chi connectivity index (χ3n) is 5.45. The van der Waals surface area contributed by atoms with E-state index in [-0.39, 0.29) is 0 Å². The predicted molar refractivity (Wildman–Crippen MR) is 126 cm³/mol. The van der Waals surface area contributed by atoms with Gasteiger partial charge in [-0.3, -0.25) is 0 Å². The second-order valence-corrected chi connectivity index (χ2v) is 13.8. The van der Waals surface area contributed by atoms with Crippen LogP contribution in [0, 0.1) is 6.92 Å². The van der Waals surface area contributed by atoms with Gasteiger partial charge in [0.2, 0.25) is 0 Å². The molecule has 0 aromatic heterocycles. The van der Waals surface area contributed by atoms with Crippen LogP contribution in [-0.4, -0.2) is 0 Å². The van der Waals surface area contributed by atoms with Crippen molar-refractivity contribution >= 4 is 33.1 Å². The van der Waals surface area contributed by atoms with Crippen molar-refractivity contribution in [3.8, 4) is 0 Å². The quantitative estimate of drug-likeness (QED) is 0.350. The van der Waals surface area contributed by atoms with Gasteiger partial charge in [0, 0.05) is 0 Å². The van der Waals surface area contributed by atoms with Gasteiger partial charge in [0.25, 0.3) is 0 Å². The number of rotatable bonds is 5. The summed E-state index contributed by atoms with van der Waals surface area (Å²) in [4.78, 5) is 0. The van der Waals surface area contributed by atoms with Crippen molar-refractivity contribution in [3.63, 3.8) is 0 Å². The Morgan fingerprint density at radius 1 is 0.571 bits per heavy atom. The average molecular weight is 403 g/mol. The molecule has 0 unspecified atom stereocenters. The van der Waals surface area contributed by atoms with Gasteiger partial charge in [-0.1, -0.05) is 0 Å². The summed E-state index contributed by atoms with van der Waals surface area (Å²) in [5.74, 6) is -3.23. The molecule has 0 spiro atoms. The molecule has 0 aliphatic rings. The second-order valence-electron chi connectivity index (χ2n) is 7.34. The summed E-state index contributed by atoms with van der Waals surface area (Å²) >= 11 is 8.09. The summed E-state index contributed by atoms with van der Waals surface area (Å²) in [6.45, 7) is 2.14. The van der Waals surface area contributed by atoms with Crippen molar-refractivity contribution in [1.29, 1.82) is 0 Å². The molecule has 0 saturated carbocycles. The molecule has 0 saturated heterocycles. The van der Waals surface area contributed by atoms with E-state index in [1.807, 2.05) is 0 Å². The normalized spacial score (nSPS) is 12.9. The van der Waals surface area contributed by atoms with Crippen LogP contribution >= 0.6 is 17.2 Å². The van der Waals surface area contributed by atoms with Crippen molar-refractivity contribution in [2.75, 3.05) is 0 Å². The molecular weight excluding hydrogens is 379 g/mol. The van der Waals surface area contributed by atoms with Crippen LogP contribution in [0.3, 0.4) is 0 Å². The third kappa shape index (κ3) is 3.18.